The lowest BCUT2D eigenvalue weighted by Crippen LogP contribution is -2.47. The Morgan fingerprint density at radius 2 is 1.95 bits per heavy atom. The lowest BCUT2D eigenvalue weighted by molar-refractivity contribution is 0.197. The summed E-state index contributed by atoms with van der Waals surface area (Å²) < 4.78 is 5.39. The summed E-state index contributed by atoms with van der Waals surface area (Å²) in [6.07, 6.45) is 1.88. The second kappa shape index (κ2) is 5.96. The average Bonchev–Trinajstić information content (AvgIpc) is 3.17. The van der Waals surface area contributed by atoms with Crippen LogP contribution in [0.3, 0.4) is 0 Å². The number of piperazine rings is 1. The van der Waals surface area contributed by atoms with Gasteiger partial charge in [-0.1, -0.05) is 20.8 Å². The van der Waals surface area contributed by atoms with E-state index in [0.29, 0.717) is 17.9 Å². The van der Waals surface area contributed by atoms with Crippen molar-refractivity contribution in [3.8, 4) is 0 Å². The Hall–Kier alpha value is -1.47. The number of nitrogens with zero attached hydrogens (tertiary/aromatic N) is 5. The van der Waals surface area contributed by atoms with Crippen LogP contribution in [0.2, 0.25) is 0 Å². The third-order valence-corrected chi connectivity index (χ3v) is 4.96. The van der Waals surface area contributed by atoms with E-state index in [1.807, 2.05) is 11.6 Å². The van der Waals surface area contributed by atoms with Gasteiger partial charge in [0.2, 0.25) is 5.89 Å². The summed E-state index contributed by atoms with van der Waals surface area (Å²) in [4.78, 5) is 13.6. The first-order chi connectivity index (χ1) is 10.4. The minimum atomic E-state index is -0.105. The largest absolute Gasteiger partial charge is 0.337 e. The minimum absolute atomic E-state index is 0.105. The molecule has 1 atom stereocenters. The molecule has 0 radical (unpaired) electrons. The SMILES string of the molecule is CC(c1nccs1)N1CCN(c2noc(C(C)(C)C)n2)CC1. The first-order valence-electron chi connectivity index (χ1n) is 7.68. The van der Waals surface area contributed by atoms with Crippen molar-refractivity contribution in [1.29, 1.82) is 0 Å². The monoisotopic (exact) mass is 321 g/mol. The summed E-state index contributed by atoms with van der Waals surface area (Å²) in [5.41, 5.74) is -0.105. The molecule has 0 saturated carbocycles. The highest BCUT2D eigenvalue weighted by Crippen LogP contribution is 2.26. The van der Waals surface area contributed by atoms with Gasteiger partial charge in [0.15, 0.2) is 0 Å². The maximum atomic E-state index is 5.39. The molecule has 2 aromatic heterocycles. The summed E-state index contributed by atoms with van der Waals surface area (Å²) in [7, 11) is 0. The second-order valence-electron chi connectivity index (χ2n) is 6.72. The Morgan fingerprint density at radius 3 is 2.50 bits per heavy atom. The number of aromatic nitrogens is 3. The highest BCUT2D eigenvalue weighted by Gasteiger charge is 2.27. The van der Waals surface area contributed by atoms with Gasteiger partial charge in [-0.3, -0.25) is 4.90 Å². The van der Waals surface area contributed by atoms with Gasteiger partial charge in [0, 0.05) is 43.2 Å². The topological polar surface area (TPSA) is 58.3 Å². The van der Waals surface area contributed by atoms with Crippen molar-refractivity contribution in [2.24, 2.45) is 0 Å². The lowest BCUT2D eigenvalue weighted by atomic mass is 9.97. The summed E-state index contributed by atoms with van der Waals surface area (Å²) in [5.74, 6) is 1.41. The van der Waals surface area contributed by atoms with Crippen LogP contribution >= 0.6 is 11.3 Å². The van der Waals surface area contributed by atoms with Crippen LogP contribution in [0, 0.1) is 0 Å². The third kappa shape index (κ3) is 3.15. The standard InChI is InChI=1S/C15H23N5OS/c1-11(12-16-5-10-22-12)19-6-8-20(9-7-19)14-17-13(21-18-14)15(2,3)4/h5,10-11H,6-9H2,1-4H3. The molecular weight excluding hydrogens is 298 g/mol. The van der Waals surface area contributed by atoms with E-state index in [-0.39, 0.29) is 5.41 Å². The molecule has 0 bridgehead atoms. The van der Waals surface area contributed by atoms with Crippen molar-refractivity contribution < 1.29 is 4.52 Å². The Morgan fingerprint density at radius 1 is 1.23 bits per heavy atom. The maximum absolute atomic E-state index is 5.39. The lowest BCUT2D eigenvalue weighted by Gasteiger charge is -2.36. The van der Waals surface area contributed by atoms with E-state index in [1.165, 1.54) is 5.01 Å². The predicted octanol–water partition coefficient (Wildman–Crippen LogP) is 2.71. The van der Waals surface area contributed by atoms with Gasteiger partial charge < -0.3 is 9.42 Å². The number of hydrogen-bond donors (Lipinski definition) is 0. The predicted molar refractivity (Wildman–Crippen MR) is 87.3 cm³/mol. The third-order valence-electron chi connectivity index (χ3n) is 4.01. The smallest absolute Gasteiger partial charge is 0.266 e. The van der Waals surface area contributed by atoms with Crippen molar-refractivity contribution in [3.05, 3.63) is 22.5 Å². The molecular formula is C15H23N5OS. The molecule has 6 nitrogen and oxygen atoms in total. The van der Waals surface area contributed by atoms with Gasteiger partial charge in [-0.2, -0.15) is 4.98 Å². The van der Waals surface area contributed by atoms with Crippen LogP contribution in [0.4, 0.5) is 5.95 Å². The van der Waals surface area contributed by atoms with Crippen molar-refractivity contribution in [2.45, 2.75) is 39.2 Å². The van der Waals surface area contributed by atoms with Crippen molar-refractivity contribution in [2.75, 3.05) is 31.1 Å². The molecule has 0 aliphatic carbocycles. The van der Waals surface area contributed by atoms with Gasteiger partial charge in [0.05, 0.1) is 6.04 Å². The zero-order chi connectivity index (χ0) is 15.7. The summed E-state index contributed by atoms with van der Waals surface area (Å²) >= 11 is 1.72. The fraction of sp³-hybridized carbons (Fsp3) is 0.667. The summed E-state index contributed by atoms with van der Waals surface area (Å²) in [5, 5.41) is 7.36. The van der Waals surface area contributed by atoms with Crippen LogP contribution in [0.1, 0.15) is 44.6 Å². The van der Waals surface area contributed by atoms with E-state index >= 15 is 0 Å². The molecule has 22 heavy (non-hydrogen) atoms. The van der Waals surface area contributed by atoms with Gasteiger partial charge in [-0.15, -0.1) is 11.3 Å². The summed E-state index contributed by atoms with van der Waals surface area (Å²) in [6, 6.07) is 0.373. The number of thiazole rings is 1. The zero-order valence-electron chi connectivity index (χ0n) is 13.6. The minimum Gasteiger partial charge on any atom is -0.337 e. The zero-order valence-corrected chi connectivity index (χ0v) is 14.4. The number of rotatable bonds is 3. The molecule has 3 rings (SSSR count). The first kappa shape index (κ1) is 15.4. The van der Waals surface area contributed by atoms with Crippen LogP contribution in [0.15, 0.2) is 16.1 Å². The Kier molecular flexibility index (Phi) is 4.18. The quantitative estimate of drug-likeness (QED) is 0.866. The fourth-order valence-electron chi connectivity index (χ4n) is 2.55. The Bertz CT molecular complexity index is 596. The van der Waals surface area contributed by atoms with E-state index in [2.05, 4.69) is 52.6 Å². The molecule has 7 heteroatoms. The van der Waals surface area contributed by atoms with E-state index in [4.69, 9.17) is 4.52 Å². The van der Waals surface area contributed by atoms with Crippen molar-refractivity contribution in [1.82, 2.24) is 20.0 Å². The molecule has 1 aliphatic heterocycles. The molecule has 1 aliphatic rings. The van der Waals surface area contributed by atoms with E-state index < -0.39 is 0 Å². The number of hydrogen-bond acceptors (Lipinski definition) is 7. The molecule has 1 fully saturated rings. The normalized spacial score (nSPS) is 18.6. The van der Waals surface area contributed by atoms with Gasteiger partial charge >= 0.3 is 0 Å². The highest BCUT2D eigenvalue weighted by atomic mass is 32.1. The molecule has 0 amide bonds. The Balaban J connectivity index is 1.61. The maximum Gasteiger partial charge on any atom is 0.266 e. The van der Waals surface area contributed by atoms with Crippen LogP contribution in [0.25, 0.3) is 0 Å². The van der Waals surface area contributed by atoms with Gasteiger partial charge in [0.1, 0.15) is 5.01 Å². The molecule has 1 saturated heterocycles. The van der Waals surface area contributed by atoms with E-state index in [9.17, 15) is 0 Å². The highest BCUT2D eigenvalue weighted by molar-refractivity contribution is 7.09. The Labute approximate surface area is 135 Å². The molecule has 3 heterocycles. The van der Waals surface area contributed by atoms with Crippen LogP contribution < -0.4 is 4.90 Å². The van der Waals surface area contributed by atoms with Crippen LogP contribution in [-0.4, -0.2) is 46.2 Å². The van der Waals surface area contributed by atoms with E-state index in [1.54, 1.807) is 11.3 Å². The average molecular weight is 321 g/mol. The number of anilines is 1. The molecule has 0 spiro atoms. The van der Waals surface area contributed by atoms with Gasteiger partial charge in [0.25, 0.3) is 5.95 Å². The molecule has 120 valence electrons. The van der Waals surface area contributed by atoms with Crippen LogP contribution in [-0.2, 0) is 5.41 Å². The molecule has 2 aromatic rings. The van der Waals surface area contributed by atoms with Gasteiger partial charge in [-0.25, -0.2) is 4.98 Å². The van der Waals surface area contributed by atoms with E-state index in [0.717, 1.165) is 26.2 Å². The van der Waals surface area contributed by atoms with Crippen LogP contribution in [0.5, 0.6) is 0 Å². The first-order valence-corrected chi connectivity index (χ1v) is 8.55. The fourth-order valence-corrected chi connectivity index (χ4v) is 3.28. The van der Waals surface area contributed by atoms with Crippen molar-refractivity contribution in [3.63, 3.8) is 0 Å². The summed E-state index contributed by atoms with van der Waals surface area (Å²) in [6.45, 7) is 12.3. The molecule has 0 aromatic carbocycles. The second-order valence-corrected chi connectivity index (χ2v) is 7.65. The van der Waals surface area contributed by atoms with Crippen molar-refractivity contribution >= 4 is 17.3 Å². The van der Waals surface area contributed by atoms with Gasteiger partial charge in [-0.05, 0) is 12.1 Å². The molecule has 0 N–H and O–H groups in total. The molecule has 1 unspecified atom stereocenters.